The van der Waals surface area contributed by atoms with Crippen LogP contribution in [0.5, 0.6) is 0 Å². The zero-order chi connectivity index (χ0) is 16.7. The minimum absolute atomic E-state index is 0. The van der Waals surface area contributed by atoms with E-state index in [0.29, 0.717) is 0 Å². The van der Waals surface area contributed by atoms with Crippen molar-refractivity contribution in [2.24, 2.45) is 0 Å². The van der Waals surface area contributed by atoms with Crippen molar-refractivity contribution in [2.45, 2.75) is 24.8 Å². The van der Waals surface area contributed by atoms with Crippen molar-refractivity contribution >= 4 is 33.5 Å². The van der Waals surface area contributed by atoms with Crippen LogP contribution in [-0.2, 0) is 24.4 Å². The van der Waals surface area contributed by atoms with Gasteiger partial charge in [0, 0.05) is 0 Å². The molecule has 8 nitrogen and oxygen atoms in total. The minimum Gasteiger partial charge on any atom is -1.00 e. The van der Waals surface area contributed by atoms with Crippen LogP contribution >= 0.6 is 0 Å². The Kier molecular flexibility index (Phi) is 6.11. The van der Waals surface area contributed by atoms with Crippen LogP contribution in [0.4, 0.5) is 5.69 Å². The molecule has 23 heavy (non-hydrogen) atoms. The number of hydrogen-bond acceptors (Lipinski definition) is 6. The molecule has 1 aromatic carbocycles. The molecule has 1 aliphatic rings. The number of rotatable bonds is 4. The summed E-state index contributed by atoms with van der Waals surface area (Å²) in [5.41, 5.74) is -0.0828. The fraction of sp³-hybridized carbons (Fsp3) is 0.308. The molecule has 0 unspecified atom stereocenters. The minimum atomic E-state index is -4.50. The molecule has 0 saturated heterocycles. The number of carbonyl (C=O) groups is 3. The Balaban J connectivity index is 0.00000264. The Morgan fingerprint density at radius 3 is 2.48 bits per heavy atom. The van der Waals surface area contributed by atoms with Gasteiger partial charge in [-0.05, 0) is 32.0 Å². The SMILES string of the molecule is CC(C)OC(=O)CN1C(=O)C(=O)c2cc(S(=O)(=O)O)ccc21.[H-].[Na+]. The second-order valence-electron chi connectivity index (χ2n) is 4.91. The summed E-state index contributed by atoms with van der Waals surface area (Å²) in [5.74, 6) is -2.59. The number of Topliss-reactive ketones (excluding diaryl/α,β-unsaturated/α-hetero) is 1. The summed E-state index contributed by atoms with van der Waals surface area (Å²) in [4.78, 5) is 35.8. The second-order valence-corrected chi connectivity index (χ2v) is 6.33. The molecule has 0 radical (unpaired) electrons. The molecule has 1 aromatic rings. The van der Waals surface area contributed by atoms with Crippen molar-refractivity contribution in [3.63, 3.8) is 0 Å². The first-order valence-electron chi connectivity index (χ1n) is 6.28. The molecule has 0 spiro atoms. The van der Waals surface area contributed by atoms with Crippen LogP contribution in [0.2, 0.25) is 0 Å². The first-order valence-corrected chi connectivity index (χ1v) is 7.72. The third kappa shape index (κ3) is 4.18. The van der Waals surface area contributed by atoms with Gasteiger partial charge in [-0.3, -0.25) is 23.8 Å². The number of nitrogens with zero attached hydrogens (tertiary/aromatic N) is 1. The molecular formula is C13H14NNaO7S. The van der Waals surface area contributed by atoms with Crippen molar-refractivity contribution in [3.05, 3.63) is 23.8 Å². The number of fused-ring (bicyclic) bond motifs is 1. The van der Waals surface area contributed by atoms with E-state index in [0.717, 1.165) is 17.0 Å². The molecule has 120 valence electrons. The predicted octanol–water partition coefficient (Wildman–Crippen LogP) is -2.47. The molecule has 0 bridgehead atoms. The molecule has 10 heteroatoms. The van der Waals surface area contributed by atoms with E-state index >= 15 is 0 Å². The molecule has 1 aliphatic heterocycles. The number of hydrogen-bond donors (Lipinski definition) is 1. The molecule has 2 rings (SSSR count). The van der Waals surface area contributed by atoms with E-state index in [4.69, 9.17) is 9.29 Å². The van der Waals surface area contributed by atoms with E-state index in [2.05, 4.69) is 0 Å². The number of carbonyl (C=O) groups excluding carboxylic acids is 3. The van der Waals surface area contributed by atoms with Crippen LogP contribution in [0.1, 0.15) is 25.6 Å². The van der Waals surface area contributed by atoms with Gasteiger partial charge in [-0.15, -0.1) is 0 Å². The van der Waals surface area contributed by atoms with E-state index in [1.165, 1.54) is 6.07 Å². The van der Waals surface area contributed by atoms with Gasteiger partial charge in [-0.2, -0.15) is 8.42 Å². The van der Waals surface area contributed by atoms with Gasteiger partial charge in [-0.1, -0.05) is 0 Å². The summed E-state index contributed by atoms with van der Waals surface area (Å²) in [6.07, 6.45) is -0.373. The zero-order valence-corrected chi connectivity index (χ0v) is 15.6. The van der Waals surface area contributed by atoms with Gasteiger partial charge >= 0.3 is 35.5 Å². The normalized spacial score (nSPS) is 13.8. The largest absolute Gasteiger partial charge is 1.00 e. The van der Waals surface area contributed by atoms with E-state index in [1.807, 2.05) is 0 Å². The third-order valence-electron chi connectivity index (χ3n) is 2.90. The van der Waals surface area contributed by atoms with E-state index in [-0.39, 0.29) is 48.3 Å². The van der Waals surface area contributed by atoms with Gasteiger partial charge in [0.25, 0.3) is 21.8 Å². The quantitative estimate of drug-likeness (QED) is 0.276. The van der Waals surface area contributed by atoms with Crippen LogP contribution in [0.3, 0.4) is 0 Å². The number of ketones is 1. The summed E-state index contributed by atoms with van der Waals surface area (Å²) < 4.78 is 36.0. The van der Waals surface area contributed by atoms with Crippen molar-refractivity contribution in [3.8, 4) is 0 Å². The van der Waals surface area contributed by atoms with Gasteiger partial charge in [0.05, 0.1) is 22.3 Å². The molecule has 0 atom stereocenters. The summed E-state index contributed by atoms with van der Waals surface area (Å²) in [6, 6.07) is 3.13. The van der Waals surface area contributed by atoms with Gasteiger partial charge in [0.1, 0.15) is 6.54 Å². The summed E-state index contributed by atoms with van der Waals surface area (Å²) in [6.45, 7) is 2.82. The number of ether oxygens (including phenoxy) is 1. The number of esters is 1. The van der Waals surface area contributed by atoms with Crippen molar-refractivity contribution in [1.82, 2.24) is 0 Å². The monoisotopic (exact) mass is 351 g/mol. The summed E-state index contributed by atoms with van der Waals surface area (Å²) in [7, 11) is -4.50. The average Bonchev–Trinajstić information content (AvgIpc) is 2.62. The number of benzene rings is 1. The predicted molar refractivity (Wildman–Crippen MR) is 75.3 cm³/mol. The summed E-state index contributed by atoms with van der Waals surface area (Å²) in [5, 5.41) is 0. The summed E-state index contributed by atoms with van der Waals surface area (Å²) >= 11 is 0. The fourth-order valence-electron chi connectivity index (χ4n) is 2.03. The van der Waals surface area contributed by atoms with E-state index in [9.17, 15) is 22.8 Å². The Morgan fingerprint density at radius 1 is 1.35 bits per heavy atom. The van der Waals surface area contributed by atoms with Crippen LogP contribution < -0.4 is 34.5 Å². The topological polar surface area (TPSA) is 118 Å². The smallest absolute Gasteiger partial charge is 1.00 e. The van der Waals surface area contributed by atoms with Crippen molar-refractivity contribution in [1.29, 1.82) is 0 Å². The Bertz CT molecular complexity index is 779. The molecular weight excluding hydrogens is 337 g/mol. The van der Waals surface area contributed by atoms with Gasteiger partial charge in [0.15, 0.2) is 0 Å². The number of amides is 1. The van der Waals surface area contributed by atoms with Gasteiger partial charge in [-0.25, -0.2) is 0 Å². The van der Waals surface area contributed by atoms with Gasteiger partial charge < -0.3 is 6.16 Å². The molecule has 1 amide bonds. The van der Waals surface area contributed by atoms with Crippen LogP contribution in [0.15, 0.2) is 23.1 Å². The maximum absolute atomic E-state index is 11.9. The van der Waals surface area contributed by atoms with Gasteiger partial charge in [0.2, 0.25) is 0 Å². The zero-order valence-electron chi connectivity index (χ0n) is 13.8. The van der Waals surface area contributed by atoms with E-state index in [1.54, 1.807) is 13.8 Å². The molecule has 1 heterocycles. The Labute approximate surface area is 156 Å². The van der Waals surface area contributed by atoms with Crippen LogP contribution in [0, 0.1) is 0 Å². The van der Waals surface area contributed by atoms with Crippen molar-refractivity contribution < 1.29 is 63.1 Å². The van der Waals surface area contributed by atoms with Crippen LogP contribution in [-0.4, -0.2) is 43.3 Å². The average molecular weight is 351 g/mol. The molecule has 0 aliphatic carbocycles. The third-order valence-corrected chi connectivity index (χ3v) is 3.74. The molecule has 1 N–H and O–H groups in total. The Hall–Kier alpha value is -1.26. The maximum Gasteiger partial charge on any atom is 1.00 e. The second kappa shape index (κ2) is 7.10. The molecule has 0 saturated carbocycles. The van der Waals surface area contributed by atoms with E-state index < -0.39 is 39.2 Å². The van der Waals surface area contributed by atoms with Crippen LogP contribution in [0.25, 0.3) is 0 Å². The first kappa shape index (κ1) is 19.8. The number of anilines is 1. The molecule has 0 aromatic heterocycles. The standard InChI is InChI=1S/C13H13NO7S.Na.H/c1-7(2)21-11(15)6-14-10-4-3-8(22(18,19)20)5-9(10)12(16)13(14)17;;/h3-5,7H,6H2,1-2H3,(H,18,19,20);;/q;+1;-1. The van der Waals surface area contributed by atoms with Crippen molar-refractivity contribution in [2.75, 3.05) is 11.4 Å². The Morgan fingerprint density at radius 2 is 1.96 bits per heavy atom. The molecule has 0 fully saturated rings. The maximum atomic E-state index is 11.9. The first-order chi connectivity index (χ1) is 10.1. The fourth-order valence-corrected chi connectivity index (χ4v) is 2.53.